The van der Waals surface area contributed by atoms with E-state index < -0.39 is 5.82 Å². The van der Waals surface area contributed by atoms with Crippen LogP contribution < -0.4 is 4.74 Å². The molecule has 0 radical (unpaired) electrons. The lowest BCUT2D eigenvalue weighted by Crippen LogP contribution is -1.89. The van der Waals surface area contributed by atoms with E-state index in [4.69, 9.17) is 9.26 Å². The zero-order valence-electron chi connectivity index (χ0n) is 11.1. The summed E-state index contributed by atoms with van der Waals surface area (Å²) in [4.78, 5) is 4.25. The molecule has 0 spiro atoms. The molecule has 0 atom stereocenters. The van der Waals surface area contributed by atoms with Crippen molar-refractivity contribution >= 4 is 0 Å². The van der Waals surface area contributed by atoms with Crippen LogP contribution in [-0.2, 0) is 0 Å². The molecular weight excluding hydrogens is 275 g/mol. The Labute approximate surface area is 119 Å². The van der Waals surface area contributed by atoms with Crippen molar-refractivity contribution in [2.75, 3.05) is 7.11 Å². The Bertz CT molecular complexity index is 769. The van der Waals surface area contributed by atoms with Gasteiger partial charge in [-0.2, -0.15) is 4.98 Å². The fourth-order valence-electron chi connectivity index (χ4n) is 1.86. The Morgan fingerprint density at radius 2 is 1.81 bits per heavy atom. The van der Waals surface area contributed by atoms with Gasteiger partial charge in [-0.05, 0) is 42.5 Å². The molecule has 0 fully saturated rings. The van der Waals surface area contributed by atoms with Crippen LogP contribution >= 0.6 is 0 Å². The number of ether oxygens (including phenoxy) is 1. The van der Waals surface area contributed by atoms with Gasteiger partial charge in [0, 0.05) is 11.1 Å². The fraction of sp³-hybridized carbons (Fsp3) is 0.0667. The minimum Gasteiger partial charge on any atom is -0.508 e. The van der Waals surface area contributed by atoms with E-state index in [-0.39, 0.29) is 11.5 Å². The van der Waals surface area contributed by atoms with Crippen molar-refractivity contribution in [3.8, 4) is 34.3 Å². The molecule has 0 saturated carbocycles. The highest BCUT2D eigenvalue weighted by Crippen LogP contribution is 2.27. The fourth-order valence-corrected chi connectivity index (χ4v) is 1.86. The van der Waals surface area contributed by atoms with Gasteiger partial charge >= 0.3 is 0 Å². The van der Waals surface area contributed by atoms with Gasteiger partial charge in [0.15, 0.2) is 11.6 Å². The lowest BCUT2D eigenvalue weighted by Gasteiger charge is -2.02. The normalized spacial score (nSPS) is 10.6. The second-order valence-electron chi connectivity index (χ2n) is 4.32. The smallest absolute Gasteiger partial charge is 0.258 e. The van der Waals surface area contributed by atoms with Crippen molar-refractivity contribution in [3.63, 3.8) is 0 Å². The number of aromatic nitrogens is 2. The number of methoxy groups -OCH3 is 1. The van der Waals surface area contributed by atoms with Gasteiger partial charge in [0.25, 0.3) is 5.89 Å². The third-order valence-corrected chi connectivity index (χ3v) is 2.95. The lowest BCUT2D eigenvalue weighted by molar-refractivity contribution is 0.386. The van der Waals surface area contributed by atoms with E-state index in [0.717, 1.165) is 0 Å². The first-order valence-electron chi connectivity index (χ1n) is 6.14. The van der Waals surface area contributed by atoms with E-state index in [0.29, 0.717) is 22.8 Å². The van der Waals surface area contributed by atoms with E-state index in [2.05, 4.69) is 10.1 Å². The summed E-state index contributed by atoms with van der Waals surface area (Å²) in [5.41, 5.74) is 1.27. The Morgan fingerprint density at radius 3 is 2.52 bits per heavy atom. The van der Waals surface area contributed by atoms with Crippen LogP contribution in [0, 0.1) is 5.82 Å². The van der Waals surface area contributed by atoms with Crippen LogP contribution in [0.25, 0.3) is 22.8 Å². The molecule has 5 nitrogen and oxygen atoms in total. The van der Waals surface area contributed by atoms with E-state index in [1.165, 1.54) is 31.4 Å². The zero-order chi connectivity index (χ0) is 14.8. The number of benzene rings is 2. The summed E-state index contributed by atoms with van der Waals surface area (Å²) in [6.45, 7) is 0. The highest BCUT2D eigenvalue weighted by atomic mass is 19.1. The highest BCUT2D eigenvalue weighted by molar-refractivity contribution is 5.61. The lowest BCUT2D eigenvalue weighted by atomic mass is 10.2. The number of rotatable bonds is 3. The SMILES string of the molecule is COc1cc(-c2noc(-c3ccc(O)cc3)n2)ccc1F. The van der Waals surface area contributed by atoms with Crippen LogP contribution in [0.4, 0.5) is 4.39 Å². The van der Waals surface area contributed by atoms with Crippen molar-refractivity contribution in [2.24, 2.45) is 0 Å². The third kappa shape index (κ3) is 2.55. The number of phenolic OH excluding ortho intramolecular Hbond substituents is 1. The highest BCUT2D eigenvalue weighted by Gasteiger charge is 2.12. The second-order valence-corrected chi connectivity index (χ2v) is 4.32. The Kier molecular flexibility index (Phi) is 3.27. The molecule has 0 amide bonds. The number of halogens is 1. The average Bonchev–Trinajstić information content (AvgIpc) is 2.98. The van der Waals surface area contributed by atoms with Crippen LogP contribution in [0.15, 0.2) is 47.0 Å². The van der Waals surface area contributed by atoms with E-state index in [9.17, 15) is 9.50 Å². The Morgan fingerprint density at radius 1 is 1.10 bits per heavy atom. The maximum Gasteiger partial charge on any atom is 0.258 e. The van der Waals surface area contributed by atoms with Gasteiger partial charge in [-0.15, -0.1) is 0 Å². The minimum absolute atomic E-state index is 0.114. The molecule has 106 valence electrons. The maximum absolute atomic E-state index is 13.4. The summed E-state index contributed by atoms with van der Waals surface area (Å²) in [7, 11) is 1.39. The standard InChI is InChI=1S/C15H11FN2O3/c1-20-13-8-10(4-7-12(13)16)14-17-15(21-18-14)9-2-5-11(19)6-3-9/h2-8,19H,1H3. The van der Waals surface area contributed by atoms with Crippen LogP contribution in [0.3, 0.4) is 0 Å². The number of hydrogen-bond donors (Lipinski definition) is 1. The van der Waals surface area contributed by atoms with Gasteiger partial charge < -0.3 is 14.4 Å². The van der Waals surface area contributed by atoms with Crippen LogP contribution in [0.1, 0.15) is 0 Å². The predicted octanol–water partition coefficient (Wildman–Crippen LogP) is 3.26. The van der Waals surface area contributed by atoms with Gasteiger partial charge in [0.1, 0.15) is 5.75 Å². The summed E-state index contributed by atoms with van der Waals surface area (Å²) >= 11 is 0. The van der Waals surface area contributed by atoms with Gasteiger partial charge in [0.2, 0.25) is 5.82 Å². The summed E-state index contributed by atoms with van der Waals surface area (Å²) < 4.78 is 23.5. The number of phenols is 1. The summed E-state index contributed by atoms with van der Waals surface area (Å²) in [5.74, 6) is 0.457. The van der Waals surface area contributed by atoms with E-state index >= 15 is 0 Å². The molecule has 0 unspecified atom stereocenters. The molecule has 1 aromatic heterocycles. The summed E-state index contributed by atoms with van der Waals surface area (Å²) in [6, 6.07) is 10.7. The third-order valence-electron chi connectivity index (χ3n) is 2.95. The summed E-state index contributed by atoms with van der Waals surface area (Å²) in [6.07, 6.45) is 0. The summed E-state index contributed by atoms with van der Waals surface area (Å²) in [5, 5.41) is 13.1. The zero-order valence-corrected chi connectivity index (χ0v) is 11.1. The molecule has 6 heteroatoms. The molecule has 0 aliphatic rings. The Balaban J connectivity index is 1.96. The van der Waals surface area contributed by atoms with E-state index in [1.54, 1.807) is 18.2 Å². The molecule has 0 aliphatic carbocycles. The Hall–Kier alpha value is -2.89. The first-order valence-corrected chi connectivity index (χ1v) is 6.14. The minimum atomic E-state index is -0.455. The first kappa shape index (κ1) is 13.1. The number of nitrogens with zero attached hydrogens (tertiary/aromatic N) is 2. The predicted molar refractivity (Wildman–Crippen MR) is 73.3 cm³/mol. The molecular formula is C15H11FN2O3. The van der Waals surface area contributed by atoms with Crippen molar-refractivity contribution < 1.29 is 18.8 Å². The number of hydrogen-bond acceptors (Lipinski definition) is 5. The van der Waals surface area contributed by atoms with Crippen molar-refractivity contribution in [1.82, 2.24) is 10.1 Å². The molecule has 3 aromatic rings. The van der Waals surface area contributed by atoms with E-state index in [1.807, 2.05) is 0 Å². The molecule has 1 heterocycles. The number of aromatic hydroxyl groups is 1. The molecule has 0 bridgehead atoms. The topological polar surface area (TPSA) is 68.4 Å². The van der Waals surface area contributed by atoms with Gasteiger partial charge in [-0.25, -0.2) is 4.39 Å². The molecule has 3 rings (SSSR count). The second kappa shape index (κ2) is 5.24. The quantitative estimate of drug-likeness (QED) is 0.800. The molecule has 2 aromatic carbocycles. The van der Waals surface area contributed by atoms with Crippen molar-refractivity contribution in [3.05, 3.63) is 48.3 Å². The van der Waals surface area contributed by atoms with Gasteiger partial charge in [-0.3, -0.25) is 0 Å². The molecule has 1 N–H and O–H groups in total. The van der Waals surface area contributed by atoms with Gasteiger partial charge in [0.05, 0.1) is 7.11 Å². The average molecular weight is 286 g/mol. The van der Waals surface area contributed by atoms with Crippen LogP contribution in [0.2, 0.25) is 0 Å². The maximum atomic E-state index is 13.4. The van der Waals surface area contributed by atoms with Crippen molar-refractivity contribution in [2.45, 2.75) is 0 Å². The molecule has 0 saturated heterocycles. The van der Waals surface area contributed by atoms with Gasteiger partial charge in [-0.1, -0.05) is 5.16 Å². The monoisotopic (exact) mass is 286 g/mol. The largest absolute Gasteiger partial charge is 0.508 e. The van der Waals surface area contributed by atoms with Crippen molar-refractivity contribution in [1.29, 1.82) is 0 Å². The first-order chi connectivity index (χ1) is 10.2. The van der Waals surface area contributed by atoms with Crippen LogP contribution in [-0.4, -0.2) is 22.4 Å². The molecule has 0 aliphatic heterocycles. The van der Waals surface area contributed by atoms with Crippen LogP contribution in [0.5, 0.6) is 11.5 Å². The molecule has 21 heavy (non-hydrogen) atoms.